The standard InChI is InChI=1S/C8H12N2O/c1-2-7(9)6-4-3-5-10-8(6)11/h3-5,7H,2,9H2,1H3,(H,10,11)/t7-/m0/s1. The average Bonchev–Trinajstić information content (AvgIpc) is 2.04. The van der Waals surface area contributed by atoms with Gasteiger partial charge in [0, 0.05) is 17.8 Å². The molecule has 0 amide bonds. The molecule has 0 spiro atoms. The largest absolute Gasteiger partial charge is 0.329 e. The SMILES string of the molecule is CC[C@H](N)c1ccc[nH]c1=O. The molecule has 1 aromatic rings. The zero-order chi connectivity index (χ0) is 8.27. The quantitative estimate of drug-likeness (QED) is 0.658. The smallest absolute Gasteiger partial charge is 0.252 e. The maximum atomic E-state index is 11.1. The number of aromatic amines is 1. The van der Waals surface area contributed by atoms with E-state index in [1.807, 2.05) is 6.92 Å². The third-order valence-corrected chi connectivity index (χ3v) is 1.69. The summed E-state index contributed by atoms with van der Waals surface area (Å²) in [7, 11) is 0. The van der Waals surface area contributed by atoms with E-state index >= 15 is 0 Å². The molecule has 1 rings (SSSR count). The van der Waals surface area contributed by atoms with Gasteiger partial charge in [-0.25, -0.2) is 0 Å². The zero-order valence-corrected chi connectivity index (χ0v) is 6.50. The van der Waals surface area contributed by atoms with Crippen molar-refractivity contribution < 1.29 is 0 Å². The highest BCUT2D eigenvalue weighted by Gasteiger charge is 2.05. The highest BCUT2D eigenvalue weighted by molar-refractivity contribution is 5.13. The molecule has 3 N–H and O–H groups in total. The van der Waals surface area contributed by atoms with Crippen LogP contribution in [0.1, 0.15) is 24.9 Å². The minimum atomic E-state index is -0.139. The van der Waals surface area contributed by atoms with Crippen molar-refractivity contribution in [2.24, 2.45) is 5.73 Å². The molecule has 0 aliphatic heterocycles. The summed E-state index contributed by atoms with van der Waals surface area (Å²) in [4.78, 5) is 13.7. The Morgan fingerprint density at radius 2 is 2.45 bits per heavy atom. The minimum absolute atomic E-state index is 0.0816. The van der Waals surface area contributed by atoms with E-state index in [1.165, 1.54) is 0 Å². The van der Waals surface area contributed by atoms with Crippen LogP contribution >= 0.6 is 0 Å². The van der Waals surface area contributed by atoms with Gasteiger partial charge >= 0.3 is 0 Å². The lowest BCUT2D eigenvalue weighted by Crippen LogP contribution is -2.20. The van der Waals surface area contributed by atoms with E-state index in [-0.39, 0.29) is 11.6 Å². The van der Waals surface area contributed by atoms with E-state index < -0.39 is 0 Å². The summed E-state index contributed by atoms with van der Waals surface area (Å²) in [6.07, 6.45) is 2.39. The van der Waals surface area contributed by atoms with Crippen LogP contribution in [0.4, 0.5) is 0 Å². The van der Waals surface area contributed by atoms with Crippen LogP contribution in [0.15, 0.2) is 23.1 Å². The molecule has 60 valence electrons. The maximum absolute atomic E-state index is 11.1. The van der Waals surface area contributed by atoms with Gasteiger partial charge in [-0.1, -0.05) is 13.0 Å². The van der Waals surface area contributed by atoms with Crippen molar-refractivity contribution in [3.05, 3.63) is 34.2 Å². The highest BCUT2D eigenvalue weighted by atomic mass is 16.1. The summed E-state index contributed by atoms with van der Waals surface area (Å²) in [5.74, 6) is 0. The topological polar surface area (TPSA) is 58.9 Å². The number of pyridine rings is 1. The molecule has 1 heterocycles. The van der Waals surface area contributed by atoms with Gasteiger partial charge in [0.15, 0.2) is 0 Å². The first-order chi connectivity index (χ1) is 5.25. The molecule has 0 aliphatic rings. The van der Waals surface area contributed by atoms with Crippen LogP contribution in [0.5, 0.6) is 0 Å². The number of hydrogen-bond acceptors (Lipinski definition) is 2. The van der Waals surface area contributed by atoms with Crippen LogP contribution in [0.25, 0.3) is 0 Å². The zero-order valence-electron chi connectivity index (χ0n) is 6.50. The maximum Gasteiger partial charge on any atom is 0.252 e. The Hall–Kier alpha value is -1.09. The molecule has 0 aromatic carbocycles. The number of hydrogen-bond donors (Lipinski definition) is 2. The van der Waals surface area contributed by atoms with Crippen molar-refractivity contribution >= 4 is 0 Å². The van der Waals surface area contributed by atoms with Crippen molar-refractivity contribution in [3.63, 3.8) is 0 Å². The van der Waals surface area contributed by atoms with Crippen molar-refractivity contribution in [1.29, 1.82) is 0 Å². The molecule has 0 fully saturated rings. The second kappa shape index (κ2) is 3.34. The molecule has 0 saturated heterocycles. The average molecular weight is 152 g/mol. The third kappa shape index (κ3) is 1.68. The van der Waals surface area contributed by atoms with Crippen LogP contribution in [-0.2, 0) is 0 Å². The molecule has 0 radical (unpaired) electrons. The molecule has 1 atom stereocenters. The Balaban J connectivity index is 3.03. The molecule has 0 unspecified atom stereocenters. The summed E-state index contributed by atoms with van der Waals surface area (Å²) in [6, 6.07) is 3.40. The van der Waals surface area contributed by atoms with Gasteiger partial charge in [0.1, 0.15) is 0 Å². The predicted molar refractivity (Wildman–Crippen MR) is 44.3 cm³/mol. The second-order valence-electron chi connectivity index (χ2n) is 2.47. The minimum Gasteiger partial charge on any atom is -0.329 e. The van der Waals surface area contributed by atoms with E-state index in [2.05, 4.69) is 4.98 Å². The first-order valence-electron chi connectivity index (χ1n) is 3.69. The molecule has 0 bridgehead atoms. The lowest BCUT2D eigenvalue weighted by atomic mass is 10.1. The fourth-order valence-corrected chi connectivity index (χ4v) is 0.946. The summed E-state index contributed by atoms with van der Waals surface area (Å²) in [5, 5.41) is 0. The molecule has 1 aromatic heterocycles. The second-order valence-corrected chi connectivity index (χ2v) is 2.47. The Labute approximate surface area is 65.2 Å². The Kier molecular flexibility index (Phi) is 2.44. The lowest BCUT2D eigenvalue weighted by Gasteiger charge is -2.05. The van der Waals surface area contributed by atoms with Crippen molar-refractivity contribution in [2.45, 2.75) is 19.4 Å². The Morgan fingerprint density at radius 3 is 3.00 bits per heavy atom. The van der Waals surface area contributed by atoms with E-state index in [0.717, 1.165) is 6.42 Å². The monoisotopic (exact) mass is 152 g/mol. The molecular formula is C8H12N2O. The summed E-state index contributed by atoms with van der Waals surface area (Å²) in [5.41, 5.74) is 6.26. The number of nitrogens with two attached hydrogens (primary N) is 1. The number of H-pyrrole nitrogens is 1. The number of nitrogens with one attached hydrogen (secondary N) is 1. The van der Waals surface area contributed by atoms with Gasteiger partial charge < -0.3 is 10.7 Å². The van der Waals surface area contributed by atoms with Crippen LogP contribution in [0.2, 0.25) is 0 Å². The van der Waals surface area contributed by atoms with E-state index in [9.17, 15) is 4.79 Å². The van der Waals surface area contributed by atoms with Crippen molar-refractivity contribution in [1.82, 2.24) is 4.98 Å². The predicted octanol–water partition coefficient (Wildman–Crippen LogP) is 0.785. The van der Waals surface area contributed by atoms with Gasteiger partial charge in [-0.2, -0.15) is 0 Å². The van der Waals surface area contributed by atoms with Crippen LogP contribution in [0.3, 0.4) is 0 Å². The van der Waals surface area contributed by atoms with Gasteiger partial charge in [0.25, 0.3) is 5.56 Å². The Bertz CT molecular complexity index is 279. The fourth-order valence-electron chi connectivity index (χ4n) is 0.946. The van der Waals surface area contributed by atoms with E-state index in [1.54, 1.807) is 18.3 Å². The number of aromatic nitrogens is 1. The van der Waals surface area contributed by atoms with Gasteiger partial charge in [-0.3, -0.25) is 4.79 Å². The van der Waals surface area contributed by atoms with Gasteiger partial charge in [-0.15, -0.1) is 0 Å². The first-order valence-corrected chi connectivity index (χ1v) is 3.69. The van der Waals surface area contributed by atoms with Crippen molar-refractivity contribution in [2.75, 3.05) is 0 Å². The van der Waals surface area contributed by atoms with Gasteiger partial charge in [0.05, 0.1) is 0 Å². The molecule has 11 heavy (non-hydrogen) atoms. The van der Waals surface area contributed by atoms with E-state index in [4.69, 9.17) is 5.73 Å². The lowest BCUT2D eigenvalue weighted by molar-refractivity contribution is 0.688. The summed E-state index contributed by atoms with van der Waals surface area (Å²) in [6.45, 7) is 1.96. The summed E-state index contributed by atoms with van der Waals surface area (Å²) >= 11 is 0. The molecular weight excluding hydrogens is 140 g/mol. The summed E-state index contributed by atoms with van der Waals surface area (Å²) < 4.78 is 0. The Morgan fingerprint density at radius 1 is 1.73 bits per heavy atom. The van der Waals surface area contributed by atoms with Crippen LogP contribution in [0, 0.1) is 0 Å². The van der Waals surface area contributed by atoms with Gasteiger partial charge in [-0.05, 0) is 12.5 Å². The van der Waals surface area contributed by atoms with Crippen molar-refractivity contribution in [3.8, 4) is 0 Å². The normalized spacial score (nSPS) is 12.9. The molecule has 3 heteroatoms. The van der Waals surface area contributed by atoms with Crippen LogP contribution in [-0.4, -0.2) is 4.98 Å². The highest BCUT2D eigenvalue weighted by Crippen LogP contribution is 2.06. The fraction of sp³-hybridized carbons (Fsp3) is 0.375. The molecule has 0 saturated carbocycles. The van der Waals surface area contributed by atoms with Gasteiger partial charge in [0.2, 0.25) is 0 Å². The number of rotatable bonds is 2. The molecule has 3 nitrogen and oxygen atoms in total. The molecule has 0 aliphatic carbocycles. The van der Waals surface area contributed by atoms with Crippen LogP contribution < -0.4 is 11.3 Å². The first kappa shape index (κ1) is 8.01. The van der Waals surface area contributed by atoms with E-state index in [0.29, 0.717) is 5.56 Å². The third-order valence-electron chi connectivity index (χ3n) is 1.69.